The predicted octanol–water partition coefficient (Wildman–Crippen LogP) is 10.8. The first-order chi connectivity index (χ1) is 37.6. The summed E-state index contributed by atoms with van der Waals surface area (Å²) >= 11 is 0. The zero-order valence-electron chi connectivity index (χ0n) is 45.8. The number of aryl methyl sites for hydroxylation is 1. The fraction of sp³-hybridized carbons (Fsp3) is 0.450. The van der Waals surface area contributed by atoms with Gasteiger partial charge in [-0.15, -0.1) is 0 Å². The summed E-state index contributed by atoms with van der Waals surface area (Å²) in [7, 11) is -1.54. The molecule has 1 aliphatic heterocycles. The molecule has 3 aromatic carbocycles. The lowest BCUT2D eigenvalue weighted by Gasteiger charge is -2.47. The van der Waals surface area contributed by atoms with Crippen LogP contribution in [0.2, 0.25) is 0 Å². The maximum Gasteiger partial charge on any atom is 0.268 e. The average molecular weight is 1090 g/mol. The normalized spacial score (nSPS) is 20.7. The fourth-order valence-corrected chi connectivity index (χ4v) is 13.2. The molecule has 10 rings (SSSR count). The lowest BCUT2D eigenvalue weighted by molar-refractivity contribution is -0.751. The number of ether oxygens (including phenoxy) is 3. The van der Waals surface area contributed by atoms with Crippen LogP contribution in [-0.4, -0.2) is 93.7 Å². The van der Waals surface area contributed by atoms with Crippen LogP contribution < -0.4 is 34.2 Å². The molecule has 1 amide bonds. The quantitative estimate of drug-likeness (QED) is 0.0594. The first kappa shape index (κ1) is 54.6. The maximum atomic E-state index is 15.1. The largest absolute Gasteiger partial charge is 0.629 e. The fourth-order valence-electron chi connectivity index (χ4n) is 12.2. The number of amides is 1. The summed E-state index contributed by atoms with van der Waals surface area (Å²) < 4.78 is 69.6. The smallest absolute Gasteiger partial charge is 0.268 e. The first-order valence-corrected chi connectivity index (χ1v) is 29.1. The van der Waals surface area contributed by atoms with Gasteiger partial charge in [-0.3, -0.25) is 9.69 Å². The van der Waals surface area contributed by atoms with Crippen molar-refractivity contribution in [1.29, 1.82) is 0 Å². The van der Waals surface area contributed by atoms with Crippen molar-refractivity contribution < 1.29 is 41.3 Å². The van der Waals surface area contributed by atoms with Crippen molar-refractivity contribution in [2.24, 2.45) is 17.8 Å². The number of sulfonamides is 1. The van der Waals surface area contributed by atoms with Crippen molar-refractivity contribution in [3.05, 3.63) is 124 Å². The molecule has 3 aliphatic rings. The van der Waals surface area contributed by atoms with Gasteiger partial charge in [0.15, 0.2) is 28.6 Å². The van der Waals surface area contributed by atoms with Gasteiger partial charge in [-0.25, -0.2) is 22.5 Å². The van der Waals surface area contributed by atoms with E-state index in [2.05, 4.69) is 92.0 Å². The minimum Gasteiger partial charge on any atom is -0.629 e. The second-order valence-corrected chi connectivity index (χ2v) is 23.7. The predicted molar refractivity (Wildman–Crippen MR) is 302 cm³/mol. The number of hydrogen-bond donors (Lipinski definition) is 4. The highest BCUT2D eigenvalue weighted by atomic mass is 32.2. The van der Waals surface area contributed by atoms with Gasteiger partial charge >= 0.3 is 0 Å². The number of piperazine rings is 1. The highest BCUT2D eigenvalue weighted by Crippen LogP contribution is 2.45. The molecular weight excluding hydrogens is 1010 g/mol. The van der Waals surface area contributed by atoms with Crippen LogP contribution in [0.5, 0.6) is 23.1 Å². The topological polar surface area (TPSA) is 192 Å². The number of H-pyrrole nitrogens is 1. The van der Waals surface area contributed by atoms with Gasteiger partial charge in [-0.1, -0.05) is 63.9 Å². The van der Waals surface area contributed by atoms with Crippen molar-refractivity contribution in [3.63, 3.8) is 0 Å². The minimum absolute atomic E-state index is 0.00303. The van der Waals surface area contributed by atoms with Gasteiger partial charge in [0.05, 0.1) is 37.9 Å². The van der Waals surface area contributed by atoms with E-state index in [4.69, 9.17) is 18.6 Å². The molecule has 5 heterocycles. The summed E-state index contributed by atoms with van der Waals surface area (Å²) in [5.41, 5.74) is 5.87. The maximum absolute atomic E-state index is 15.1. The molecule has 414 valence electrons. The van der Waals surface area contributed by atoms with Crippen LogP contribution in [0, 0.1) is 35.7 Å². The summed E-state index contributed by atoms with van der Waals surface area (Å²) in [6.45, 7) is 14.3. The number of hydrogen-bond acceptors (Lipinski definition) is 13. The Morgan fingerprint density at radius 2 is 1.72 bits per heavy atom. The molecule has 4 atom stereocenters. The van der Waals surface area contributed by atoms with Gasteiger partial charge in [-0.05, 0) is 117 Å². The number of nitrogens with one attached hydrogen (secondary N) is 4. The van der Waals surface area contributed by atoms with E-state index in [1.165, 1.54) is 48.1 Å². The molecule has 1 saturated heterocycles. The summed E-state index contributed by atoms with van der Waals surface area (Å²) in [4.78, 5) is 30.6. The molecule has 16 nitrogen and oxygen atoms in total. The Bertz CT molecular complexity index is 3380. The molecular formula is C60H73FN8O8S. The third-order valence-corrected chi connectivity index (χ3v) is 17.7. The van der Waals surface area contributed by atoms with Crippen molar-refractivity contribution in [2.75, 3.05) is 63.7 Å². The Morgan fingerprint density at radius 3 is 2.46 bits per heavy atom. The van der Waals surface area contributed by atoms with E-state index in [0.717, 1.165) is 98.8 Å². The number of nitrogens with zero attached hydrogens (tertiary/aromatic N) is 4. The highest BCUT2D eigenvalue weighted by Gasteiger charge is 2.38. The average Bonchev–Trinajstić information content (AvgIpc) is 4.13. The highest BCUT2D eigenvalue weighted by molar-refractivity contribution is 7.90. The van der Waals surface area contributed by atoms with E-state index >= 15 is 4.39 Å². The number of pyridine rings is 2. The number of hydroxylamine groups is 1. The van der Waals surface area contributed by atoms with Crippen LogP contribution in [-0.2, 0) is 16.4 Å². The third kappa shape index (κ3) is 11.7. The van der Waals surface area contributed by atoms with Gasteiger partial charge < -0.3 is 44.1 Å². The van der Waals surface area contributed by atoms with Crippen LogP contribution in [0.25, 0.3) is 22.0 Å². The van der Waals surface area contributed by atoms with Crippen molar-refractivity contribution in [1.82, 2.24) is 24.6 Å². The van der Waals surface area contributed by atoms with Crippen molar-refractivity contribution in [2.45, 2.75) is 109 Å². The number of halogens is 1. The molecule has 7 aromatic rings. The monoisotopic (exact) mass is 1080 g/mol. The number of furan rings is 1. The number of fused-ring (bicyclic) bond motifs is 2. The number of rotatable bonds is 18. The van der Waals surface area contributed by atoms with Crippen molar-refractivity contribution in [3.8, 4) is 23.1 Å². The van der Waals surface area contributed by atoms with Gasteiger partial charge in [0.2, 0.25) is 0 Å². The third-order valence-electron chi connectivity index (χ3n) is 16.4. The molecule has 0 bridgehead atoms. The molecule has 0 radical (unpaired) electrons. The lowest BCUT2D eigenvalue weighted by atomic mass is 9.70. The van der Waals surface area contributed by atoms with Gasteiger partial charge in [0.25, 0.3) is 21.8 Å². The van der Waals surface area contributed by atoms with Gasteiger partial charge in [0, 0.05) is 80.2 Å². The number of aromatic amines is 1. The van der Waals surface area contributed by atoms with E-state index in [1.54, 1.807) is 26.2 Å². The van der Waals surface area contributed by atoms with Crippen LogP contribution >= 0.6 is 0 Å². The van der Waals surface area contributed by atoms with E-state index in [0.29, 0.717) is 61.1 Å². The molecule has 4 unspecified atom stereocenters. The van der Waals surface area contributed by atoms with Crippen LogP contribution in [0.3, 0.4) is 0 Å². The minimum atomic E-state index is -4.58. The zero-order chi connectivity index (χ0) is 54.8. The molecule has 78 heavy (non-hydrogen) atoms. The Kier molecular flexibility index (Phi) is 16.3. The Balaban J connectivity index is 0.904. The summed E-state index contributed by atoms with van der Waals surface area (Å²) in [5, 5.41) is 17.1. The standard InChI is InChI=1S/C60H73FN8O8S/c1-8-75-60-55(32-49-50(61)35-64-57(49)65-60)77-54-30-42(19-20-46(54)59(70)66-78(72,73)43-31-52(67(6)71)58(63-34-43)62-33-39-15-13-37(4)14-16-39)68-23-25-69(26-24-68)51-21-17-40(29-48(51)45-12-10-9-11-44(45)36(2)3)28-41-18-22-53(74-7)56-47(41)27-38(5)76-56/h9-12,18-20,22,27,30-32,34-37,39-40,48,51,67H,8,13-17,21,23-26,28-29,33H2,1-7H3,(H,62,63)(H,64,65)(H,66,70). The molecule has 0 spiro atoms. The first-order valence-electron chi connectivity index (χ1n) is 27.6. The molecule has 4 aromatic heterocycles. The SMILES string of the molecule is CCOc1nc2[nH]cc(F)c2cc1Oc1cc(N2CCN(C3CCC(Cc4ccc(OC)c5oc(C)cc45)CC3c3ccccc3C(C)C)CC2)ccc1C(=O)NS(=O)(=O)c1cnc(NCC2CCC(C)CC2)c([NH+](C)[O-])c1. The second-order valence-electron chi connectivity index (χ2n) is 22.0. The van der Waals surface area contributed by atoms with Crippen LogP contribution in [0.4, 0.5) is 21.6 Å². The van der Waals surface area contributed by atoms with Crippen molar-refractivity contribution >= 4 is 55.1 Å². The van der Waals surface area contributed by atoms with E-state index < -0.39 is 21.7 Å². The number of aromatic nitrogens is 3. The summed E-state index contributed by atoms with van der Waals surface area (Å²) in [5.74, 6) is 2.70. The van der Waals surface area contributed by atoms with Crippen LogP contribution in [0.15, 0.2) is 94.5 Å². The lowest BCUT2D eigenvalue weighted by Crippen LogP contribution is -2.98. The van der Waals surface area contributed by atoms with Gasteiger partial charge in [-0.2, -0.15) is 4.98 Å². The Labute approximate surface area is 456 Å². The molecule has 4 N–H and O–H groups in total. The van der Waals surface area contributed by atoms with E-state index in [-0.39, 0.29) is 56.2 Å². The van der Waals surface area contributed by atoms with E-state index in [9.17, 15) is 18.4 Å². The Hall–Kier alpha value is -6.73. The molecule has 18 heteroatoms. The van der Waals surface area contributed by atoms with E-state index in [1.807, 2.05) is 13.0 Å². The zero-order valence-corrected chi connectivity index (χ0v) is 46.6. The number of quaternary nitrogens is 1. The number of carbonyl (C=O) groups excluding carboxylic acids is 1. The van der Waals surface area contributed by atoms with Crippen LogP contribution in [0.1, 0.15) is 117 Å². The number of carbonyl (C=O) groups is 1. The molecule has 3 fully saturated rings. The van der Waals surface area contributed by atoms with Gasteiger partial charge in [0.1, 0.15) is 27.9 Å². The number of benzene rings is 3. The number of methoxy groups -OCH3 is 1. The molecule has 2 aliphatic carbocycles. The Morgan fingerprint density at radius 1 is 0.949 bits per heavy atom. The summed E-state index contributed by atoms with van der Waals surface area (Å²) in [6.07, 6.45) is 10.9. The summed E-state index contributed by atoms with van der Waals surface area (Å²) in [6, 6.07) is 23.3. The number of anilines is 2. The molecule has 2 saturated carbocycles. The second kappa shape index (κ2) is 23.3.